The van der Waals surface area contributed by atoms with E-state index in [0.29, 0.717) is 0 Å². The van der Waals surface area contributed by atoms with Gasteiger partial charge in [0, 0.05) is 29.4 Å². The molecule has 3 heterocycles. The van der Waals surface area contributed by atoms with Gasteiger partial charge in [-0.2, -0.15) is 13.2 Å². The first-order valence-electron chi connectivity index (χ1n) is 16.0. The van der Waals surface area contributed by atoms with Gasteiger partial charge in [-0.05, 0) is 74.7 Å². The Bertz CT molecular complexity index is 1730. The van der Waals surface area contributed by atoms with Crippen molar-refractivity contribution in [2.24, 2.45) is 0 Å². The first-order chi connectivity index (χ1) is 22.6. The predicted octanol–water partition coefficient (Wildman–Crippen LogP) is 6.50. The molecule has 0 N–H and O–H groups in total. The maximum Gasteiger partial charge on any atom is 0.430 e. The molecule has 0 atom stereocenters. The van der Waals surface area contributed by atoms with E-state index in [1.807, 2.05) is 11.8 Å². The predicted molar refractivity (Wildman–Crippen MR) is 182 cm³/mol. The molecular weight excluding hydrogens is 621 g/mol. The number of hydrogen-bond donors (Lipinski definition) is 0. The molecule has 6 nitrogen and oxygen atoms in total. The number of halogens is 3. The van der Waals surface area contributed by atoms with Gasteiger partial charge in [0.2, 0.25) is 0 Å². The molecule has 0 saturated heterocycles. The summed E-state index contributed by atoms with van der Waals surface area (Å²) >= 11 is 1.94. The van der Waals surface area contributed by atoms with Gasteiger partial charge in [-0.1, -0.05) is 79.3 Å². The number of carboxylic acid groups (broad SMARTS) is 1. The number of para-hydroxylation sites is 2. The van der Waals surface area contributed by atoms with Crippen LogP contribution in [-0.4, -0.2) is 57.3 Å². The second kappa shape index (κ2) is 15.3. The number of alkyl halides is 3. The molecular formula is C37H41F3N4O2S. The van der Waals surface area contributed by atoms with Crippen molar-refractivity contribution in [2.75, 3.05) is 50.1 Å². The lowest BCUT2D eigenvalue weighted by Gasteiger charge is -2.27. The Kier molecular flexibility index (Phi) is 11.1. The van der Waals surface area contributed by atoms with Crippen LogP contribution in [0.25, 0.3) is 17.0 Å². The summed E-state index contributed by atoms with van der Waals surface area (Å²) in [6.45, 7) is 7.44. The SMILES string of the molecule is CCCN(CCCN(C)C)c1cc(C=C2Sc3cccc4c3N2CCC4)c2ccccc2[n+]1Cc1ccccc1.O=C([O-])C(F)(F)F. The molecule has 3 aromatic carbocycles. The van der Waals surface area contributed by atoms with E-state index in [0.717, 1.165) is 45.6 Å². The summed E-state index contributed by atoms with van der Waals surface area (Å²) in [4.78, 5) is 17.7. The van der Waals surface area contributed by atoms with Crippen LogP contribution in [0.2, 0.25) is 0 Å². The molecule has 6 rings (SSSR count). The molecule has 10 heteroatoms. The molecule has 2 aliphatic heterocycles. The first-order valence-corrected chi connectivity index (χ1v) is 16.8. The minimum Gasteiger partial charge on any atom is -0.542 e. The number of aromatic nitrogens is 1. The van der Waals surface area contributed by atoms with Crippen molar-refractivity contribution in [3.8, 4) is 0 Å². The van der Waals surface area contributed by atoms with Crippen LogP contribution < -0.4 is 19.5 Å². The van der Waals surface area contributed by atoms with E-state index in [1.54, 1.807) is 0 Å². The lowest BCUT2D eigenvalue weighted by molar-refractivity contribution is -0.649. The lowest BCUT2D eigenvalue weighted by atomic mass is 10.0. The molecule has 47 heavy (non-hydrogen) atoms. The lowest BCUT2D eigenvalue weighted by Crippen LogP contribution is -2.44. The Hall–Kier alpha value is -4.02. The summed E-state index contributed by atoms with van der Waals surface area (Å²) in [5.74, 6) is -1.69. The standard InChI is InChI=1S/C35H41N4S.C2HF3O2/c1-4-20-37(22-12-21-36(2)3)33-24-29(25-34-38-23-11-16-28-15-10-19-32(40-34)35(28)38)30-17-8-9-18-31(30)39(33)26-27-13-6-5-7-14-27;3-2(4,5)1(6)7/h5-10,13-15,17-19,24-25H,4,11-12,16,20-23,26H2,1-3H3;(H,6,7)/q+1;/p-1. The largest absolute Gasteiger partial charge is 0.542 e. The topological polar surface area (TPSA) is 53.7 Å². The highest BCUT2D eigenvalue weighted by molar-refractivity contribution is 8.03. The van der Waals surface area contributed by atoms with Gasteiger partial charge >= 0.3 is 6.18 Å². The number of carboxylic acids is 1. The van der Waals surface area contributed by atoms with Crippen LogP contribution in [-0.2, 0) is 17.8 Å². The third-order valence-electron chi connectivity index (χ3n) is 8.27. The smallest absolute Gasteiger partial charge is 0.430 e. The Balaban J connectivity index is 0.000000559. The van der Waals surface area contributed by atoms with Crippen molar-refractivity contribution in [2.45, 2.75) is 50.2 Å². The van der Waals surface area contributed by atoms with Crippen LogP contribution in [0.15, 0.2) is 88.8 Å². The molecule has 248 valence electrons. The number of rotatable bonds is 10. The highest BCUT2D eigenvalue weighted by Gasteiger charge is 2.31. The number of aliphatic carboxylic acids is 1. The number of aryl methyl sites for hydroxylation is 1. The molecule has 0 radical (unpaired) electrons. The molecule has 2 aliphatic rings. The fourth-order valence-electron chi connectivity index (χ4n) is 6.20. The van der Waals surface area contributed by atoms with Crippen molar-refractivity contribution in [1.82, 2.24) is 4.90 Å². The summed E-state index contributed by atoms with van der Waals surface area (Å²) in [6, 6.07) is 29.2. The monoisotopic (exact) mass is 662 g/mol. The molecule has 0 amide bonds. The minimum absolute atomic E-state index is 0.858. The van der Waals surface area contributed by atoms with Crippen LogP contribution in [0.3, 0.4) is 0 Å². The fraction of sp³-hybridized carbons (Fsp3) is 0.351. The number of hydrogen-bond acceptors (Lipinski definition) is 6. The van der Waals surface area contributed by atoms with E-state index in [1.165, 1.54) is 61.9 Å². The molecule has 0 spiro atoms. The van der Waals surface area contributed by atoms with E-state index in [9.17, 15) is 13.2 Å². The van der Waals surface area contributed by atoms with Crippen molar-refractivity contribution in [1.29, 1.82) is 0 Å². The maximum absolute atomic E-state index is 10.5. The molecule has 0 fully saturated rings. The molecule has 0 saturated carbocycles. The van der Waals surface area contributed by atoms with Gasteiger partial charge in [0.15, 0.2) is 0 Å². The maximum atomic E-state index is 10.5. The Morgan fingerprint density at radius 3 is 2.43 bits per heavy atom. The van der Waals surface area contributed by atoms with Gasteiger partial charge in [0.05, 0.1) is 23.8 Å². The molecule has 1 aromatic heterocycles. The summed E-state index contributed by atoms with van der Waals surface area (Å²) in [5, 5.41) is 11.5. The third-order valence-corrected chi connectivity index (χ3v) is 9.37. The van der Waals surface area contributed by atoms with Crippen LogP contribution in [0.5, 0.6) is 0 Å². The molecule has 0 bridgehead atoms. The van der Waals surface area contributed by atoms with Crippen molar-refractivity contribution < 1.29 is 27.6 Å². The summed E-state index contributed by atoms with van der Waals surface area (Å²) < 4.78 is 34.1. The third kappa shape index (κ3) is 8.29. The van der Waals surface area contributed by atoms with Crippen LogP contribution in [0.1, 0.15) is 42.9 Å². The van der Waals surface area contributed by atoms with Gasteiger partial charge in [-0.3, -0.25) is 4.90 Å². The number of thioether (sulfide) groups is 1. The van der Waals surface area contributed by atoms with E-state index < -0.39 is 12.1 Å². The van der Waals surface area contributed by atoms with Crippen molar-refractivity contribution in [3.63, 3.8) is 0 Å². The highest BCUT2D eigenvalue weighted by atomic mass is 32.2. The number of pyridine rings is 1. The molecule has 0 aliphatic carbocycles. The number of anilines is 2. The van der Waals surface area contributed by atoms with Crippen molar-refractivity contribution in [3.05, 3.63) is 101 Å². The number of carbonyl (C=O) groups is 1. The van der Waals surface area contributed by atoms with Crippen LogP contribution in [0, 0.1) is 0 Å². The number of fused-ring (bicyclic) bond motifs is 1. The van der Waals surface area contributed by atoms with Gasteiger partial charge in [0.25, 0.3) is 5.82 Å². The van der Waals surface area contributed by atoms with Gasteiger partial charge < -0.3 is 19.7 Å². The van der Waals surface area contributed by atoms with E-state index in [2.05, 4.69) is 125 Å². The Morgan fingerprint density at radius 1 is 1.00 bits per heavy atom. The summed E-state index contributed by atoms with van der Waals surface area (Å²) in [6.07, 6.45) is 1.93. The zero-order valence-corrected chi connectivity index (χ0v) is 27.9. The Morgan fingerprint density at radius 2 is 1.72 bits per heavy atom. The minimum atomic E-state index is -5.19. The van der Waals surface area contributed by atoms with Gasteiger partial charge in [0.1, 0.15) is 18.0 Å². The highest BCUT2D eigenvalue weighted by Crippen LogP contribution is 2.50. The van der Waals surface area contributed by atoms with Crippen molar-refractivity contribution >= 4 is 46.2 Å². The quantitative estimate of drug-likeness (QED) is 0.181. The zero-order valence-electron chi connectivity index (χ0n) is 27.1. The normalized spacial score (nSPS) is 14.7. The van der Waals surface area contributed by atoms with E-state index >= 15 is 0 Å². The van der Waals surface area contributed by atoms with Crippen LogP contribution in [0.4, 0.5) is 24.7 Å². The zero-order chi connectivity index (χ0) is 33.6. The second-order valence-electron chi connectivity index (χ2n) is 12.1. The van der Waals surface area contributed by atoms with Gasteiger partial charge in [-0.25, -0.2) is 4.57 Å². The first kappa shape index (κ1) is 34.3. The fourth-order valence-corrected chi connectivity index (χ4v) is 7.39. The molecule has 0 unspecified atom stereocenters. The second-order valence-corrected chi connectivity index (χ2v) is 13.1. The molecule has 4 aromatic rings. The van der Waals surface area contributed by atoms with E-state index in [4.69, 9.17) is 9.90 Å². The number of carbonyl (C=O) groups excluding carboxylic acids is 1. The van der Waals surface area contributed by atoms with E-state index in [-0.39, 0.29) is 0 Å². The Labute approximate surface area is 279 Å². The van der Waals surface area contributed by atoms with Crippen LogP contribution >= 0.6 is 11.8 Å². The summed E-state index contributed by atoms with van der Waals surface area (Å²) in [5.41, 5.74) is 6.88. The summed E-state index contributed by atoms with van der Waals surface area (Å²) in [7, 11) is 4.34. The average Bonchev–Trinajstić information content (AvgIpc) is 3.40. The van der Waals surface area contributed by atoms with Gasteiger partial charge in [-0.15, -0.1) is 0 Å². The number of benzene rings is 3. The average molecular weight is 663 g/mol. The number of nitrogens with zero attached hydrogens (tertiary/aromatic N) is 4.